The van der Waals surface area contributed by atoms with Crippen LogP contribution in [-0.4, -0.2) is 38.0 Å². The molecule has 2 aromatic rings. The van der Waals surface area contributed by atoms with Gasteiger partial charge in [0.05, 0.1) is 18.4 Å². The van der Waals surface area contributed by atoms with Crippen LogP contribution in [-0.2, 0) is 32.5 Å². The Bertz CT molecular complexity index is 1230. The van der Waals surface area contributed by atoms with Crippen LogP contribution in [0.5, 0.6) is 5.75 Å². The third-order valence-corrected chi connectivity index (χ3v) is 9.73. The second kappa shape index (κ2) is 14.0. The summed E-state index contributed by atoms with van der Waals surface area (Å²) >= 11 is 6.40. The van der Waals surface area contributed by atoms with Crippen LogP contribution in [0.3, 0.4) is 0 Å². The van der Waals surface area contributed by atoms with Gasteiger partial charge in [-0.3, -0.25) is 4.79 Å². The first-order valence-electron chi connectivity index (χ1n) is 14.2. The van der Waals surface area contributed by atoms with Crippen molar-refractivity contribution in [1.82, 2.24) is 0 Å². The minimum absolute atomic E-state index is 0.133. The van der Waals surface area contributed by atoms with Gasteiger partial charge in [-0.1, -0.05) is 63.0 Å². The van der Waals surface area contributed by atoms with Crippen molar-refractivity contribution in [3.05, 3.63) is 58.1 Å². The van der Waals surface area contributed by atoms with Crippen LogP contribution in [0, 0.1) is 17.8 Å². The van der Waals surface area contributed by atoms with E-state index in [9.17, 15) is 9.00 Å². The maximum absolute atomic E-state index is 13.1. The first-order chi connectivity index (χ1) is 18.7. The van der Waals surface area contributed by atoms with Crippen LogP contribution in [0.1, 0.15) is 74.4 Å². The number of benzene rings is 2. The molecule has 0 unspecified atom stereocenters. The van der Waals surface area contributed by atoms with E-state index in [2.05, 4.69) is 42.2 Å². The number of aryl methyl sites for hydroxylation is 1. The summed E-state index contributed by atoms with van der Waals surface area (Å²) in [6.45, 7) is 8.65. The molecular formula is C31H42ClN2O4S-. The molecule has 2 aliphatic rings. The van der Waals surface area contributed by atoms with E-state index >= 15 is 0 Å². The Balaban J connectivity index is 1.82. The van der Waals surface area contributed by atoms with Gasteiger partial charge < -0.3 is 22.9 Å². The minimum Gasteiger partial charge on any atom is -0.491 e. The van der Waals surface area contributed by atoms with Gasteiger partial charge >= 0.3 is 0 Å². The molecule has 4 atom stereocenters. The van der Waals surface area contributed by atoms with Crippen molar-refractivity contribution < 1.29 is 18.5 Å². The highest BCUT2D eigenvalue weighted by molar-refractivity contribution is 7.75. The third kappa shape index (κ3) is 7.99. The summed E-state index contributed by atoms with van der Waals surface area (Å²) in [5, 5.41) is 0.745. The van der Waals surface area contributed by atoms with E-state index in [0.717, 1.165) is 61.5 Å². The van der Waals surface area contributed by atoms with Crippen molar-refractivity contribution in [3.8, 4) is 5.75 Å². The molecular weight excluding hydrogens is 532 g/mol. The Labute approximate surface area is 240 Å². The van der Waals surface area contributed by atoms with Gasteiger partial charge in [-0.2, -0.15) is 10.6 Å². The number of anilines is 1. The first-order valence-corrected chi connectivity index (χ1v) is 15.9. The monoisotopic (exact) mass is 573 g/mol. The Morgan fingerprint density at radius 1 is 1.05 bits per heavy atom. The van der Waals surface area contributed by atoms with Crippen LogP contribution in [0.2, 0.25) is 5.02 Å². The lowest BCUT2D eigenvalue weighted by molar-refractivity contribution is 0.0303. The lowest BCUT2D eigenvalue weighted by Gasteiger charge is -2.35. The first kappa shape index (κ1) is 29.9. The molecule has 0 N–H and O–H groups in total. The fourth-order valence-corrected chi connectivity index (χ4v) is 6.92. The smallest absolute Gasteiger partial charge is 0.254 e. The van der Waals surface area contributed by atoms with Gasteiger partial charge in [0, 0.05) is 30.8 Å². The minimum atomic E-state index is -1.57. The van der Waals surface area contributed by atoms with E-state index in [-0.39, 0.29) is 12.0 Å². The Morgan fingerprint density at radius 2 is 1.87 bits per heavy atom. The molecule has 2 bridgehead atoms. The fourth-order valence-electron chi connectivity index (χ4n) is 5.71. The molecule has 0 saturated heterocycles. The fraction of sp³-hybridized carbons (Fsp3) is 0.581. The summed E-state index contributed by atoms with van der Waals surface area (Å²) < 4.78 is 29.1. The topological polar surface area (TPSA) is 68.2 Å². The predicted molar refractivity (Wildman–Crippen MR) is 159 cm³/mol. The number of rotatable bonds is 1. The van der Waals surface area contributed by atoms with Crippen LogP contribution in [0.15, 0.2) is 40.8 Å². The number of carbonyl (C=O) groups is 1. The second-order valence-corrected chi connectivity index (χ2v) is 12.9. The number of nitrogens with zero attached hydrogens (tertiary/aromatic N) is 2. The van der Waals surface area contributed by atoms with Crippen molar-refractivity contribution in [1.29, 1.82) is 0 Å². The number of methoxy groups -OCH3 is 1. The summed E-state index contributed by atoms with van der Waals surface area (Å²) in [4.78, 5) is 15.5. The average molecular weight is 574 g/mol. The summed E-state index contributed by atoms with van der Waals surface area (Å²) in [7, 11) is 0.237. The molecule has 0 saturated carbocycles. The number of amides is 1. The number of fused-ring (bicyclic) bond motifs is 2. The van der Waals surface area contributed by atoms with E-state index in [1.54, 1.807) is 13.2 Å². The van der Waals surface area contributed by atoms with E-state index in [4.69, 9.17) is 21.1 Å². The molecule has 8 heteroatoms. The summed E-state index contributed by atoms with van der Waals surface area (Å²) in [6, 6.07) is 11.6. The van der Waals surface area contributed by atoms with Gasteiger partial charge in [0.15, 0.2) is 0 Å². The highest BCUT2D eigenvalue weighted by atomic mass is 35.5. The lowest BCUT2D eigenvalue weighted by Crippen LogP contribution is -2.36. The van der Waals surface area contributed by atoms with Gasteiger partial charge in [0.1, 0.15) is 5.75 Å². The SMILES string of the molecule is CO[C@H]1CCC[C@H](C)C[S-](=O)=NC(=O)c2ccc3c(c2)N(Cc2ccc(Cl)cc2CCCCO3)C[C@H](C)[C@H]1C. The molecule has 2 heterocycles. The summed E-state index contributed by atoms with van der Waals surface area (Å²) in [5.74, 6) is 1.53. The molecule has 0 aliphatic carbocycles. The predicted octanol–water partition coefficient (Wildman–Crippen LogP) is 7.46. The maximum Gasteiger partial charge on any atom is 0.254 e. The largest absolute Gasteiger partial charge is 0.491 e. The van der Waals surface area contributed by atoms with Crippen LogP contribution < -0.4 is 9.64 Å². The molecule has 214 valence electrons. The van der Waals surface area contributed by atoms with Crippen LogP contribution >= 0.6 is 11.6 Å². The second-order valence-electron chi connectivity index (χ2n) is 11.3. The van der Waals surface area contributed by atoms with Crippen molar-refractivity contribution >= 4 is 33.8 Å². The molecule has 2 aromatic carbocycles. The van der Waals surface area contributed by atoms with E-state index in [1.807, 2.05) is 18.2 Å². The van der Waals surface area contributed by atoms with Gasteiger partial charge in [-0.25, -0.2) is 0 Å². The normalized spacial score (nSPS) is 26.1. The van der Waals surface area contributed by atoms with Crippen molar-refractivity contribution in [2.24, 2.45) is 22.1 Å². The quantitative estimate of drug-likeness (QED) is 0.331. The highest BCUT2D eigenvalue weighted by Gasteiger charge is 2.27. The van der Waals surface area contributed by atoms with Crippen molar-refractivity contribution in [3.63, 3.8) is 0 Å². The molecule has 0 spiro atoms. The summed E-state index contributed by atoms with van der Waals surface area (Å²) in [5.41, 5.74) is 3.76. The molecule has 0 radical (unpaired) electrons. The van der Waals surface area contributed by atoms with Crippen molar-refractivity contribution in [2.45, 2.75) is 71.9 Å². The molecule has 39 heavy (non-hydrogen) atoms. The van der Waals surface area contributed by atoms with Crippen molar-refractivity contribution in [2.75, 3.05) is 30.9 Å². The average Bonchev–Trinajstić information content (AvgIpc) is 2.93. The molecule has 1 amide bonds. The van der Waals surface area contributed by atoms with E-state index in [0.29, 0.717) is 36.3 Å². The standard InChI is InChI=1S/C31H42ClN2O4S/c1-21-8-7-10-29(37-4)23(3)22(2)18-34-19-26-11-13-27(32)16-24(26)9-5-6-15-38-30-14-12-25(17-28(30)34)31(35)33-39(36)20-21/h11-14,16-17,21-23,29H,5-10,15,18-20H2,1-4H3/q-1/t21-,22-,23+,29-/m0/s1. The molecule has 0 aromatic heterocycles. The van der Waals surface area contributed by atoms with E-state index in [1.165, 1.54) is 11.1 Å². The lowest BCUT2D eigenvalue weighted by atomic mass is 9.86. The Kier molecular flexibility index (Phi) is 10.7. The highest BCUT2D eigenvalue weighted by Crippen LogP contribution is 2.35. The van der Waals surface area contributed by atoms with Crippen LogP contribution in [0.25, 0.3) is 0 Å². The summed E-state index contributed by atoms with van der Waals surface area (Å²) in [6.07, 6.45) is 5.85. The zero-order valence-electron chi connectivity index (χ0n) is 23.7. The maximum atomic E-state index is 13.1. The zero-order chi connectivity index (χ0) is 27.9. The molecule has 4 rings (SSSR count). The number of hydrogen-bond acceptors (Lipinski definition) is 6. The zero-order valence-corrected chi connectivity index (χ0v) is 25.2. The van der Waals surface area contributed by atoms with E-state index < -0.39 is 16.5 Å². The van der Waals surface area contributed by atoms with Gasteiger partial charge in [-0.05, 0) is 79.0 Å². The van der Waals surface area contributed by atoms with Gasteiger partial charge in [0.25, 0.3) is 5.91 Å². The van der Waals surface area contributed by atoms with Gasteiger partial charge in [0.2, 0.25) is 0 Å². The molecule has 2 aliphatic heterocycles. The number of hydrogen-bond donors (Lipinski definition) is 0. The Hall–Kier alpha value is -2.09. The number of ether oxygens (including phenoxy) is 2. The Morgan fingerprint density at radius 3 is 2.67 bits per heavy atom. The third-order valence-electron chi connectivity index (χ3n) is 8.27. The molecule has 0 fully saturated rings. The number of carbonyl (C=O) groups excluding carboxylic acids is 1. The number of halogens is 1. The van der Waals surface area contributed by atoms with Crippen LogP contribution in [0.4, 0.5) is 5.69 Å². The van der Waals surface area contributed by atoms with Gasteiger partial charge in [-0.15, -0.1) is 0 Å². The molecule has 6 nitrogen and oxygen atoms in total.